The Labute approximate surface area is 192 Å². The number of nitrogens with one attached hydrogen (secondary N) is 1. The molecule has 1 aliphatic heterocycles. The van der Waals surface area contributed by atoms with Crippen molar-refractivity contribution in [3.8, 4) is 5.75 Å². The summed E-state index contributed by atoms with van der Waals surface area (Å²) in [5.74, 6) is -1.92. The van der Waals surface area contributed by atoms with Gasteiger partial charge in [0.15, 0.2) is 6.10 Å². The second kappa shape index (κ2) is 10.8. The topological polar surface area (TPSA) is 102 Å². The summed E-state index contributed by atoms with van der Waals surface area (Å²) in [6, 6.07) is 9.28. The molecule has 3 rings (SSSR count). The Bertz CT molecular complexity index is 1110. The van der Waals surface area contributed by atoms with Gasteiger partial charge in [-0.15, -0.1) is 0 Å². The Kier molecular flexibility index (Phi) is 8.04. The number of hydrogen-bond donors (Lipinski definition) is 1. The normalized spacial score (nSPS) is 15.8. The SMILES string of the molecule is COc1ccc(C(=O)OC(C)C(=O)Nc2cccc(F)c2)cc1S(=O)(=O)N1CCCCCC1. The number of carbonyl (C=O) groups is 2. The summed E-state index contributed by atoms with van der Waals surface area (Å²) in [4.78, 5) is 24.9. The van der Waals surface area contributed by atoms with Crippen molar-refractivity contribution < 1.29 is 31.9 Å². The molecule has 0 aliphatic carbocycles. The van der Waals surface area contributed by atoms with Gasteiger partial charge in [-0.25, -0.2) is 17.6 Å². The molecule has 2 aromatic rings. The van der Waals surface area contributed by atoms with Crippen molar-refractivity contribution in [3.63, 3.8) is 0 Å². The Morgan fingerprint density at radius 3 is 2.39 bits per heavy atom. The largest absolute Gasteiger partial charge is 0.495 e. The smallest absolute Gasteiger partial charge is 0.338 e. The van der Waals surface area contributed by atoms with Gasteiger partial charge in [0.05, 0.1) is 12.7 Å². The van der Waals surface area contributed by atoms with Crippen LogP contribution in [0, 0.1) is 5.82 Å². The standard InChI is InChI=1S/C23H27FN2O6S/c1-16(22(27)25-19-9-7-8-18(24)15-19)32-23(28)17-10-11-20(31-2)21(14-17)33(29,30)26-12-5-3-4-6-13-26/h7-11,14-16H,3-6,12-13H2,1-2H3,(H,25,27). The van der Waals surface area contributed by atoms with Gasteiger partial charge >= 0.3 is 5.97 Å². The van der Waals surface area contributed by atoms with Crippen LogP contribution >= 0.6 is 0 Å². The van der Waals surface area contributed by atoms with Crippen LogP contribution in [-0.4, -0.2) is 50.9 Å². The summed E-state index contributed by atoms with van der Waals surface area (Å²) in [6.07, 6.45) is 2.26. The molecule has 1 amide bonds. The lowest BCUT2D eigenvalue weighted by Gasteiger charge is -2.21. The number of anilines is 1. The van der Waals surface area contributed by atoms with E-state index in [4.69, 9.17) is 9.47 Å². The molecule has 10 heteroatoms. The van der Waals surface area contributed by atoms with Crippen molar-refractivity contribution in [2.45, 2.75) is 43.6 Å². The van der Waals surface area contributed by atoms with Gasteiger partial charge in [0.2, 0.25) is 10.0 Å². The minimum atomic E-state index is -3.89. The number of amides is 1. The predicted octanol–water partition coefficient (Wildman–Crippen LogP) is 3.58. The fourth-order valence-corrected chi connectivity index (χ4v) is 5.22. The summed E-state index contributed by atoms with van der Waals surface area (Å²) in [5.41, 5.74) is 0.188. The molecule has 2 aromatic carbocycles. The van der Waals surface area contributed by atoms with Crippen LogP contribution in [0.2, 0.25) is 0 Å². The average molecular weight is 479 g/mol. The van der Waals surface area contributed by atoms with E-state index in [0.29, 0.717) is 13.1 Å². The highest BCUT2D eigenvalue weighted by atomic mass is 32.2. The maximum absolute atomic E-state index is 13.3. The van der Waals surface area contributed by atoms with Gasteiger partial charge in [-0.1, -0.05) is 18.9 Å². The third kappa shape index (κ3) is 6.08. The van der Waals surface area contributed by atoms with Crippen LogP contribution in [0.1, 0.15) is 43.0 Å². The van der Waals surface area contributed by atoms with E-state index in [1.165, 1.54) is 54.7 Å². The van der Waals surface area contributed by atoms with Crippen LogP contribution in [0.3, 0.4) is 0 Å². The maximum atomic E-state index is 13.3. The maximum Gasteiger partial charge on any atom is 0.338 e. The zero-order valence-corrected chi connectivity index (χ0v) is 19.4. The van der Waals surface area contributed by atoms with Crippen molar-refractivity contribution in [1.29, 1.82) is 0 Å². The summed E-state index contributed by atoms with van der Waals surface area (Å²) < 4.78 is 51.7. The van der Waals surface area contributed by atoms with E-state index < -0.39 is 33.8 Å². The number of esters is 1. The lowest BCUT2D eigenvalue weighted by molar-refractivity contribution is -0.123. The summed E-state index contributed by atoms with van der Waals surface area (Å²) in [6.45, 7) is 2.17. The first-order valence-corrected chi connectivity index (χ1v) is 12.1. The second-order valence-electron chi connectivity index (χ2n) is 7.73. The van der Waals surface area contributed by atoms with Crippen molar-refractivity contribution in [2.75, 3.05) is 25.5 Å². The van der Waals surface area contributed by atoms with Crippen molar-refractivity contribution in [1.82, 2.24) is 4.31 Å². The van der Waals surface area contributed by atoms with E-state index in [2.05, 4.69) is 5.32 Å². The molecule has 8 nitrogen and oxygen atoms in total. The van der Waals surface area contributed by atoms with E-state index in [0.717, 1.165) is 31.7 Å². The summed E-state index contributed by atoms with van der Waals surface area (Å²) in [5, 5.41) is 2.46. The molecule has 1 aliphatic rings. The number of halogens is 1. The Morgan fingerprint density at radius 1 is 1.06 bits per heavy atom. The number of nitrogens with zero attached hydrogens (tertiary/aromatic N) is 1. The Hall–Kier alpha value is -2.98. The van der Waals surface area contributed by atoms with Crippen molar-refractivity contribution >= 4 is 27.6 Å². The van der Waals surface area contributed by atoms with Gasteiger partial charge in [-0.3, -0.25) is 4.79 Å². The van der Waals surface area contributed by atoms with Gasteiger partial charge < -0.3 is 14.8 Å². The van der Waals surface area contributed by atoms with E-state index in [1.807, 2.05) is 0 Å². The fraction of sp³-hybridized carbons (Fsp3) is 0.391. The molecule has 0 spiro atoms. The summed E-state index contributed by atoms with van der Waals surface area (Å²) >= 11 is 0. The highest BCUT2D eigenvalue weighted by molar-refractivity contribution is 7.89. The van der Waals surface area contributed by atoms with Gasteiger partial charge in [0.1, 0.15) is 16.5 Å². The van der Waals surface area contributed by atoms with E-state index in [9.17, 15) is 22.4 Å². The highest BCUT2D eigenvalue weighted by Crippen LogP contribution is 2.29. The Morgan fingerprint density at radius 2 is 1.76 bits per heavy atom. The van der Waals surface area contributed by atoms with E-state index in [1.54, 1.807) is 0 Å². The second-order valence-corrected chi connectivity index (χ2v) is 9.64. The molecule has 0 aromatic heterocycles. The van der Waals surface area contributed by atoms with Gasteiger partial charge in [-0.05, 0) is 56.2 Å². The molecule has 0 bridgehead atoms. The molecule has 1 N–H and O–H groups in total. The zero-order chi connectivity index (χ0) is 24.0. The van der Waals surface area contributed by atoms with Crippen molar-refractivity contribution in [3.05, 3.63) is 53.8 Å². The van der Waals surface area contributed by atoms with E-state index >= 15 is 0 Å². The number of sulfonamides is 1. The highest BCUT2D eigenvalue weighted by Gasteiger charge is 2.30. The molecule has 178 valence electrons. The van der Waals surface area contributed by atoms with Crippen LogP contribution in [0.25, 0.3) is 0 Å². The molecular formula is C23H27FN2O6S. The molecule has 0 radical (unpaired) electrons. The fourth-order valence-electron chi connectivity index (χ4n) is 3.52. The third-order valence-corrected chi connectivity index (χ3v) is 7.25. The number of carbonyl (C=O) groups excluding carboxylic acids is 2. The van der Waals surface area contributed by atoms with Gasteiger partial charge in [-0.2, -0.15) is 4.31 Å². The average Bonchev–Trinajstić information content (AvgIpc) is 3.09. The minimum absolute atomic E-state index is 0.0328. The number of ether oxygens (including phenoxy) is 2. The molecule has 1 unspecified atom stereocenters. The molecule has 33 heavy (non-hydrogen) atoms. The number of rotatable bonds is 7. The van der Waals surface area contributed by atoms with Crippen LogP contribution in [-0.2, 0) is 19.6 Å². The van der Waals surface area contributed by atoms with Crippen LogP contribution in [0.15, 0.2) is 47.4 Å². The third-order valence-electron chi connectivity index (χ3n) is 5.33. The molecular weight excluding hydrogens is 451 g/mol. The number of benzene rings is 2. The molecule has 0 saturated carbocycles. The van der Waals surface area contributed by atoms with Crippen molar-refractivity contribution in [2.24, 2.45) is 0 Å². The van der Waals surface area contributed by atoms with E-state index in [-0.39, 0.29) is 21.9 Å². The van der Waals surface area contributed by atoms with Crippen LogP contribution in [0.5, 0.6) is 5.75 Å². The quantitative estimate of drug-likeness (QED) is 0.611. The first-order valence-electron chi connectivity index (χ1n) is 10.7. The summed E-state index contributed by atoms with van der Waals surface area (Å²) in [7, 11) is -2.53. The Balaban J connectivity index is 1.77. The predicted molar refractivity (Wildman–Crippen MR) is 120 cm³/mol. The molecule has 1 fully saturated rings. The zero-order valence-electron chi connectivity index (χ0n) is 18.5. The number of hydrogen-bond acceptors (Lipinski definition) is 6. The van der Waals surface area contributed by atoms with Crippen LogP contribution < -0.4 is 10.1 Å². The van der Waals surface area contributed by atoms with Gasteiger partial charge in [0.25, 0.3) is 5.91 Å². The van der Waals surface area contributed by atoms with Gasteiger partial charge in [0, 0.05) is 18.8 Å². The first kappa shape index (κ1) is 24.7. The molecule has 1 saturated heterocycles. The monoisotopic (exact) mass is 478 g/mol. The lowest BCUT2D eigenvalue weighted by atomic mass is 10.2. The molecule has 1 atom stereocenters. The lowest BCUT2D eigenvalue weighted by Crippen LogP contribution is -2.32. The molecule has 1 heterocycles. The van der Waals surface area contributed by atoms with Crippen LogP contribution in [0.4, 0.5) is 10.1 Å². The minimum Gasteiger partial charge on any atom is -0.495 e. The number of methoxy groups -OCH3 is 1. The first-order chi connectivity index (χ1) is 15.7.